The fourth-order valence-electron chi connectivity index (χ4n) is 2.41. The second-order valence-corrected chi connectivity index (χ2v) is 5.84. The molecule has 0 spiro atoms. The number of pyridine rings is 1. The Morgan fingerprint density at radius 1 is 1.14 bits per heavy atom. The first-order valence-electron chi connectivity index (χ1n) is 8.18. The van der Waals surface area contributed by atoms with Crippen LogP contribution in [0, 0.1) is 25.7 Å². The third-order valence-corrected chi connectivity index (χ3v) is 3.82. The van der Waals surface area contributed by atoms with Crippen LogP contribution < -0.4 is 10.6 Å². The molecule has 0 saturated heterocycles. The van der Waals surface area contributed by atoms with Crippen molar-refractivity contribution < 1.29 is 19.4 Å². The summed E-state index contributed by atoms with van der Waals surface area (Å²) in [7, 11) is 3.02. The van der Waals surface area contributed by atoms with Crippen LogP contribution in [0.4, 0.5) is 5.82 Å². The molecule has 2 aromatic rings. The minimum absolute atomic E-state index is 0. The van der Waals surface area contributed by atoms with Gasteiger partial charge in [-0.3, -0.25) is 9.59 Å². The average Bonchev–Trinajstić information content (AvgIpc) is 2.63. The van der Waals surface area contributed by atoms with Crippen LogP contribution in [-0.4, -0.2) is 42.7 Å². The number of carbonyl (C=O) groups excluding carboxylic acids is 2. The maximum atomic E-state index is 12.6. The van der Waals surface area contributed by atoms with Gasteiger partial charge >= 0.3 is 0 Å². The number of methoxy groups -OCH3 is 1. The van der Waals surface area contributed by atoms with Crippen LogP contribution in [0.3, 0.4) is 0 Å². The topological polar surface area (TPSA) is 101 Å². The van der Waals surface area contributed by atoms with E-state index in [1.165, 1.54) is 19.2 Å². The van der Waals surface area contributed by atoms with E-state index in [9.17, 15) is 14.7 Å². The molecule has 1 aromatic heterocycles. The third-order valence-electron chi connectivity index (χ3n) is 3.82. The van der Waals surface area contributed by atoms with Gasteiger partial charge < -0.3 is 20.5 Å². The molecule has 0 aliphatic rings. The molecular weight excluding hydrogens is 608 g/mol. The molecule has 1 radical (unpaired) electrons. The first-order chi connectivity index (χ1) is 12.9. The molecule has 155 valence electrons. The number of hydrogen-bond donors (Lipinski definition) is 3. The predicted octanol–water partition coefficient (Wildman–Crippen LogP) is 2.01. The number of phenols is 1. The summed E-state index contributed by atoms with van der Waals surface area (Å²) in [6.07, 6.45) is 1.56. The van der Waals surface area contributed by atoms with E-state index < -0.39 is 11.8 Å². The Bertz CT molecular complexity index is 948. The Morgan fingerprint density at radius 3 is 2.46 bits per heavy atom. The zero-order chi connectivity index (χ0) is 20.0. The summed E-state index contributed by atoms with van der Waals surface area (Å²) >= 11 is 0. The molecule has 2 rings (SSSR count). The number of phenolic OH excluding ortho intramolecular Hbond substituents is 1. The molecule has 3 N–H and O–H groups in total. The van der Waals surface area contributed by atoms with Gasteiger partial charge in [0.15, 0.2) is 0 Å². The van der Waals surface area contributed by atoms with E-state index in [2.05, 4.69) is 27.5 Å². The van der Waals surface area contributed by atoms with Gasteiger partial charge in [-0.25, -0.2) is 4.98 Å². The van der Waals surface area contributed by atoms with E-state index >= 15 is 0 Å². The molecule has 0 fully saturated rings. The summed E-state index contributed by atoms with van der Waals surface area (Å²) in [5.74, 6) is 5.07. The largest absolute Gasteiger partial charge is 0.507 e. The number of ether oxygens (including phenoxy) is 1. The van der Waals surface area contributed by atoms with Gasteiger partial charge in [0, 0.05) is 31.5 Å². The summed E-state index contributed by atoms with van der Waals surface area (Å²) in [4.78, 5) is 28.7. The standard InChI is InChI=1S/C20H21N3O4.Lr/c1-12-9-17(24)16(19(25)21-3)10-15(12)20(26)23-18-13(2)8-14(11-22-18)6-5-7-27-4;/h8-11,24H,7H2,1-4H3,(H,21,25)(H,22,23,26);. The van der Waals surface area contributed by atoms with Crippen molar-refractivity contribution in [3.63, 3.8) is 0 Å². The zero-order valence-electron chi connectivity index (χ0n) is 15.9. The molecule has 1 aromatic carbocycles. The monoisotopic (exact) mass is 629 g/mol. The number of rotatable bonds is 4. The summed E-state index contributed by atoms with van der Waals surface area (Å²) in [5.41, 5.74) is 2.30. The Kier molecular flexibility index (Phi) is 7.25. The quantitative estimate of drug-likeness (QED) is 0.450. The molecule has 8 heteroatoms. The van der Waals surface area contributed by atoms with Crippen molar-refractivity contribution in [3.05, 3.63) is 52.2 Å². The Hall–Kier alpha value is -4.37. The second-order valence-electron chi connectivity index (χ2n) is 5.84. The molecule has 2 amide bonds. The van der Waals surface area contributed by atoms with Gasteiger partial charge in [0.05, 0.1) is 5.56 Å². The number of benzene rings is 1. The molecule has 0 saturated carbocycles. The van der Waals surface area contributed by atoms with Crippen molar-refractivity contribution in [2.24, 2.45) is 0 Å². The number of amides is 2. The van der Waals surface area contributed by atoms with Gasteiger partial charge in [0.2, 0.25) is 0 Å². The van der Waals surface area contributed by atoms with E-state index in [1.807, 2.05) is 13.0 Å². The number of anilines is 1. The van der Waals surface area contributed by atoms with Crippen molar-refractivity contribution in [1.29, 1.82) is 0 Å². The van der Waals surface area contributed by atoms with Gasteiger partial charge in [0.25, 0.3) is 11.8 Å². The van der Waals surface area contributed by atoms with Crippen LogP contribution in [0.2, 0.25) is 0 Å². The maximum absolute atomic E-state index is 12.6. The molecule has 0 aliphatic carbocycles. The van der Waals surface area contributed by atoms with E-state index in [1.54, 1.807) is 20.2 Å². The van der Waals surface area contributed by atoms with Crippen molar-refractivity contribution in [3.8, 4) is 17.6 Å². The van der Waals surface area contributed by atoms with Crippen LogP contribution in [0.15, 0.2) is 24.4 Å². The van der Waals surface area contributed by atoms with Crippen LogP contribution >= 0.6 is 0 Å². The first-order valence-corrected chi connectivity index (χ1v) is 8.18. The van der Waals surface area contributed by atoms with Crippen LogP contribution in [-0.2, 0) is 4.74 Å². The Balaban J connectivity index is 0.00000392. The van der Waals surface area contributed by atoms with Gasteiger partial charge in [-0.1, -0.05) is 11.8 Å². The number of aryl methyl sites for hydroxylation is 2. The first kappa shape index (κ1) is 21.7. The minimum atomic E-state index is -0.477. The van der Waals surface area contributed by atoms with E-state index in [4.69, 9.17) is 4.74 Å². The van der Waals surface area contributed by atoms with E-state index in [0.29, 0.717) is 23.6 Å². The number of nitrogens with one attached hydrogen (secondary N) is 2. The minimum Gasteiger partial charge on any atom is -0.507 e. The zero-order valence-corrected chi connectivity index (χ0v) is 18.0. The summed E-state index contributed by atoms with van der Waals surface area (Å²) < 4.78 is 4.88. The average molecular weight is 629 g/mol. The Labute approximate surface area is 157 Å². The van der Waals surface area contributed by atoms with E-state index in [-0.39, 0.29) is 16.9 Å². The van der Waals surface area contributed by atoms with Gasteiger partial charge in [-0.05, 0) is 43.2 Å². The number of aromatic nitrogens is 1. The molecule has 0 bridgehead atoms. The molecule has 0 aliphatic heterocycles. The normalized spacial score (nSPS) is 9.57. The maximum Gasteiger partial charge on any atom is 0.257 e. The van der Waals surface area contributed by atoms with Crippen molar-refractivity contribution >= 4 is 17.6 Å². The number of carbonyl (C=O) groups is 2. The van der Waals surface area contributed by atoms with E-state index in [0.717, 1.165) is 5.56 Å². The van der Waals surface area contributed by atoms with Gasteiger partial charge in [-0.15, -0.1) is 0 Å². The molecule has 1 heterocycles. The summed E-state index contributed by atoms with van der Waals surface area (Å²) in [5, 5.41) is 15.1. The Morgan fingerprint density at radius 2 is 1.86 bits per heavy atom. The number of aromatic hydroxyl groups is 1. The molecule has 0 atom stereocenters. The fourth-order valence-corrected chi connectivity index (χ4v) is 2.41. The number of nitrogens with zero attached hydrogens (tertiary/aromatic N) is 1. The van der Waals surface area contributed by atoms with Crippen LogP contribution in [0.25, 0.3) is 0 Å². The van der Waals surface area contributed by atoms with Crippen molar-refractivity contribution in [2.75, 3.05) is 26.1 Å². The second kappa shape index (κ2) is 9.36. The third kappa shape index (κ3) is 4.84. The van der Waals surface area contributed by atoms with Crippen molar-refractivity contribution in [1.82, 2.24) is 10.3 Å². The number of hydrogen-bond acceptors (Lipinski definition) is 5. The van der Waals surface area contributed by atoms with Crippen molar-refractivity contribution in [2.45, 2.75) is 13.8 Å². The van der Waals surface area contributed by atoms with Gasteiger partial charge in [-0.2, -0.15) is 0 Å². The summed E-state index contributed by atoms with van der Waals surface area (Å²) in [6.45, 7) is 3.81. The molecular formula is C20H21LrN3O4. The van der Waals surface area contributed by atoms with Crippen LogP contribution in [0.5, 0.6) is 5.75 Å². The van der Waals surface area contributed by atoms with Crippen LogP contribution in [0.1, 0.15) is 37.4 Å². The predicted molar refractivity (Wildman–Crippen MR) is 102 cm³/mol. The molecule has 28 heavy (non-hydrogen) atoms. The summed E-state index contributed by atoms with van der Waals surface area (Å²) in [6, 6.07) is 4.55. The molecule has 7 nitrogen and oxygen atoms in total. The fraction of sp³-hybridized carbons (Fsp3) is 0.250. The smallest absolute Gasteiger partial charge is 0.257 e. The van der Waals surface area contributed by atoms with Gasteiger partial charge in [0.1, 0.15) is 18.2 Å². The molecule has 0 unspecified atom stereocenters. The SMILES string of the molecule is CNC(=O)c1cc(C(=O)Nc2ncc(C#CCOC)cc2C)c(C)cc1O.[Lr].